The molecular formula is C23H35N5O4. The van der Waals surface area contributed by atoms with E-state index in [1.165, 1.54) is 7.11 Å². The van der Waals surface area contributed by atoms with Crippen LogP contribution in [0.15, 0.2) is 18.2 Å². The Labute approximate surface area is 190 Å². The summed E-state index contributed by atoms with van der Waals surface area (Å²) in [5.74, 6) is -0.112. The molecular weight excluding hydrogens is 410 g/mol. The fraction of sp³-hybridized carbons (Fsp3) is 0.609. The van der Waals surface area contributed by atoms with Crippen LogP contribution in [0.5, 0.6) is 0 Å². The molecule has 2 aliphatic heterocycles. The molecule has 32 heavy (non-hydrogen) atoms. The van der Waals surface area contributed by atoms with Crippen LogP contribution in [0.25, 0.3) is 0 Å². The molecule has 2 N–H and O–H groups in total. The molecule has 9 heteroatoms. The zero-order chi connectivity index (χ0) is 23.3. The summed E-state index contributed by atoms with van der Waals surface area (Å²) < 4.78 is 4.82. The van der Waals surface area contributed by atoms with Crippen molar-refractivity contribution in [3.63, 3.8) is 0 Å². The summed E-state index contributed by atoms with van der Waals surface area (Å²) in [6.45, 7) is 11.2. The van der Waals surface area contributed by atoms with Crippen molar-refractivity contribution in [1.29, 1.82) is 0 Å². The van der Waals surface area contributed by atoms with E-state index >= 15 is 0 Å². The van der Waals surface area contributed by atoms with Gasteiger partial charge in [-0.1, -0.05) is 20.8 Å². The summed E-state index contributed by atoms with van der Waals surface area (Å²) in [5.41, 5.74) is 1.90. The van der Waals surface area contributed by atoms with Crippen molar-refractivity contribution in [2.24, 2.45) is 5.41 Å². The Kier molecular flexibility index (Phi) is 7.60. The van der Waals surface area contributed by atoms with Gasteiger partial charge < -0.3 is 30.1 Å². The van der Waals surface area contributed by atoms with Gasteiger partial charge in [0.05, 0.1) is 18.5 Å². The first-order valence-electron chi connectivity index (χ1n) is 11.2. The molecule has 3 amide bonds. The molecule has 0 saturated carbocycles. The van der Waals surface area contributed by atoms with Crippen LogP contribution in [0.2, 0.25) is 0 Å². The predicted molar refractivity (Wildman–Crippen MR) is 124 cm³/mol. The van der Waals surface area contributed by atoms with Crippen LogP contribution < -0.4 is 15.5 Å². The van der Waals surface area contributed by atoms with Crippen molar-refractivity contribution in [1.82, 2.24) is 15.1 Å². The number of methoxy groups -OCH3 is 1. The Balaban J connectivity index is 1.82. The number of ether oxygens (including phenoxy) is 1. The summed E-state index contributed by atoms with van der Waals surface area (Å²) >= 11 is 0. The van der Waals surface area contributed by atoms with Crippen LogP contribution >= 0.6 is 0 Å². The number of benzene rings is 1. The van der Waals surface area contributed by atoms with Gasteiger partial charge in [-0.25, -0.2) is 4.79 Å². The van der Waals surface area contributed by atoms with Gasteiger partial charge in [-0.15, -0.1) is 0 Å². The van der Waals surface area contributed by atoms with E-state index in [-0.39, 0.29) is 23.3 Å². The monoisotopic (exact) mass is 445 g/mol. The highest BCUT2D eigenvalue weighted by Crippen LogP contribution is 2.30. The van der Waals surface area contributed by atoms with Crippen LogP contribution in [-0.2, 0) is 9.53 Å². The van der Waals surface area contributed by atoms with Gasteiger partial charge in [0.2, 0.25) is 5.91 Å². The first kappa shape index (κ1) is 23.8. The number of nitrogens with one attached hydrogen (secondary N) is 2. The number of piperazine rings is 2. The highest BCUT2D eigenvalue weighted by Gasteiger charge is 2.26. The minimum atomic E-state index is -0.333. The van der Waals surface area contributed by atoms with E-state index in [2.05, 4.69) is 15.5 Å². The number of carbonyl (C=O) groups is 3. The number of hydrogen-bond acceptors (Lipinski definition) is 6. The predicted octanol–water partition coefficient (Wildman–Crippen LogP) is 2.00. The van der Waals surface area contributed by atoms with Gasteiger partial charge in [0.1, 0.15) is 0 Å². The zero-order valence-electron chi connectivity index (χ0n) is 19.6. The molecule has 2 fully saturated rings. The third-order valence-corrected chi connectivity index (χ3v) is 5.67. The lowest BCUT2D eigenvalue weighted by atomic mass is 9.92. The lowest BCUT2D eigenvalue weighted by molar-refractivity contribution is -0.117. The van der Waals surface area contributed by atoms with E-state index in [0.717, 1.165) is 18.8 Å². The van der Waals surface area contributed by atoms with Crippen LogP contribution in [-0.4, -0.2) is 87.2 Å². The molecule has 0 radical (unpaired) electrons. The molecule has 9 nitrogen and oxygen atoms in total. The summed E-state index contributed by atoms with van der Waals surface area (Å²) in [5, 5.41) is 6.29. The van der Waals surface area contributed by atoms with Crippen LogP contribution in [0.1, 0.15) is 37.6 Å². The highest BCUT2D eigenvalue weighted by atomic mass is 16.5. The minimum Gasteiger partial charge on any atom is -0.453 e. The molecule has 2 heterocycles. The van der Waals surface area contributed by atoms with Gasteiger partial charge in [0.15, 0.2) is 0 Å². The van der Waals surface area contributed by atoms with Gasteiger partial charge in [-0.3, -0.25) is 9.59 Å². The normalized spacial score (nSPS) is 17.2. The maximum Gasteiger partial charge on any atom is 0.409 e. The summed E-state index contributed by atoms with van der Waals surface area (Å²) in [6, 6.07) is 5.51. The highest BCUT2D eigenvalue weighted by molar-refractivity contribution is 6.00. The molecule has 0 unspecified atom stereocenters. The molecule has 0 bridgehead atoms. The molecule has 0 aliphatic carbocycles. The molecule has 1 aromatic carbocycles. The van der Waals surface area contributed by atoms with Gasteiger partial charge >= 0.3 is 6.09 Å². The van der Waals surface area contributed by atoms with E-state index in [9.17, 15) is 14.4 Å². The lowest BCUT2D eigenvalue weighted by Gasteiger charge is -2.36. The average Bonchev–Trinajstić information content (AvgIpc) is 2.77. The van der Waals surface area contributed by atoms with E-state index < -0.39 is 0 Å². The van der Waals surface area contributed by atoms with Gasteiger partial charge in [0.25, 0.3) is 5.91 Å². The maximum absolute atomic E-state index is 13.0. The third-order valence-electron chi connectivity index (χ3n) is 5.67. The molecule has 0 atom stereocenters. The van der Waals surface area contributed by atoms with Gasteiger partial charge in [-0.05, 0) is 23.6 Å². The van der Waals surface area contributed by atoms with Crippen molar-refractivity contribution >= 4 is 29.3 Å². The van der Waals surface area contributed by atoms with E-state index in [1.807, 2.05) is 37.8 Å². The third kappa shape index (κ3) is 6.12. The van der Waals surface area contributed by atoms with Gasteiger partial charge in [-0.2, -0.15) is 0 Å². The Morgan fingerprint density at radius 1 is 1.00 bits per heavy atom. The van der Waals surface area contributed by atoms with E-state index in [0.29, 0.717) is 56.9 Å². The molecule has 2 saturated heterocycles. The number of nitrogens with zero attached hydrogens (tertiary/aromatic N) is 3. The Bertz CT molecular complexity index is 837. The number of carbonyl (C=O) groups excluding carboxylic acids is 3. The van der Waals surface area contributed by atoms with Crippen molar-refractivity contribution in [2.75, 3.05) is 69.7 Å². The zero-order valence-corrected chi connectivity index (χ0v) is 19.6. The smallest absolute Gasteiger partial charge is 0.409 e. The second kappa shape index (κ2) is 10.2. The van der Waals surface area contributed by atoms with Crippen LogP contribution in [0.4, 0.5) is 16.2 Å². The molecule has 1 aromatic rings. The topological polar surface area (TPSA) is 94.2 Å². The van der Waals surface area contributed by atoms with Crippen LogP contribution in [0, 0.1) is 5.41 Å². The number of anilines is 2. The van der Waals surface area contributed by atoms with E-state index in [1.54, 1.807) is 11.0 Å². The van der Waals surface area contributed by atoms with E-state index in [4.69, 9.17) is 4.74 Å². The Hall–Kier alpha value is -2.81. The largest absolute Gasteiger partial charge is 0.453 e. The van der Waals surface area contributed by atoms with Crippen molar-refractivity contribution < 1.29 is 19.1 Å². The second-order valence-corrected chi connectivity index (χ2v) is 9.50. The molecule has 0 aromatic heterocycles. The molecule has 2 aliphatic rings. The quantitative estimate of drug-likeness (QED) is 0.736. The Morgan fingerprint density at radius 3 is 2.25 bits per heavy atom. The Morgan fingerprint density at radius 2 is 1.66 bits per heavy atom. The van der Waals surface area contributed by atoms with Crippen molar-refractivity contribution in [2.45, 2.75) is 27.2 Å². The van der Waals surface area contributed by atoms with Gasteiger partial charge in [0, 0.05) is 64.3 Å². The lowest BCUT2D eigenvalue weighted by Crippen LogP contribution is -2.49. The molecule has 0 spiro atoms. The standard InChI is InChI=1S/C23H35N5O4/c1-23(2,3)16-20(29)25-18-15-17(21(30)27-9-7-24-8-10-27)5-6-19(18)26-11-13-28(14-12-26)22(31)32-4/h5-6,15,24H,7-14,16H2,1-4H3,(H,25,29). The second-order valence-electron chi connectivity index (χ2n) is 9.50. The average molecular weight is 446 g/mol. The summed E-state index contributed by atoms with van der Waals surface area (Å²) in [4.78, 5) is 43.2. The number of hydrogen-bond donors (Lipinski definition) is 2. The SMILES string of the molecule is COC(=O)N1CCN(c2ccc(C(=O)N3CCNCC3)cc2NC(=O)CC(C)(C)C)CC1. The maximum atomic E-state index is 13.0. The van der Waals surface area contributed by atoms with Crippen LogP contribution in [0.3, 0.4) is 0 Å². The number of amides is 3. The fourth-order valence-corrected chi connectivity index (χ4v) is 4.03. The molecule has 176 valence electrons. The summed E-state index contributed by atoms with van der Waals surface area (Å²) in [6.07, 6.45) is 0.0405. The fourth-order valence-electron chi connectivity index (χ4n) is 4.03. The van der Waals surface area contributed by atoms with Crippen molar-refractivity contribution in [3.05, 3.63) is 23.8 Å². The first-order valence-corrected chi connectivity index (χ1v) is 11.2. The summed E-state index contributed by atoms with van der Waals surface area (Å²) in [7, 11) is 1.38. The van der Waals surface area contributed by atoms with Crippen molar-refractivity contribution in [3.8, 4) is 0 Å². The molecule has 3 rings (SSSR count). The minimum absolute atomic E-state index is 0.0279. The number of rotatable bonds is 4. The first-order chi connectivity index (χ1) is 15.2.